The summed E-state index contributed by atoms with van der Waals surface area (Å²) in [6, 6.07) is 19.7. The third kappa shape index (κ3) is 3.79. The standard InChI is InChI=1S/C22H13ClN2O4/c23-18-6-2-1-5-16(18)21(26)17(13-14-9-11-15(12-10-14)25(27)28)22-24-19-7-3-4-8-20(19)29-22/h1-13H. The second-order valence-electron chi connectivity index (χ2n) is 6.20. The van der Waals surface area contributed by atoms with Gasteiger partial charge in [0, 0.05) is 17.7 Å². The van der Waals surface area contributed by atoms with Gasteiger partial charge in [-0.3, -0.25) is 14.9 Å². The molecule has 0 spiro atoms. The van der Waals surface area contributed by atoms with Crippen LogP contribution >= 0.6 is 11.6 Å². The number of para-hydroxylation sites is 2. The quantitative estimate of drug-likeness (QED) is 0.181. The number of carbonyl (C=O) groups is 1. The number of allylic oxidation sites excluding steroid dienone is 1. The van der Waals surface area contributed by atoms with E-state index in [2.05, 4.69) is 4.98 Å². The SMILES string of the molecule is O=C(C(=Cc1ccc([N+](=O)[O-])cc1)c1nc2ccccc2o1)c1ccccc1Cl. The minimum Gasteiger partial charge on any atom is -0.436 e. The van der Waals surface area contributed by atoms with Gasteiger partial charge in [0.05, 0.1) is 15.5 Å². The number of nitro benzene ring substituents is 1. The Labute approximate surface area is 170 Å². The summed E-state index contributed by atoms with van der Waals surface area (Å²) < 4.78 is 5.80. The Kier molecular flexibility index (Phi) is 4.93. The van der Waals surface area contributed by atoms with Gasteiger partial charge in [-0.05, 0) is 48.0 Å². The Morgan fingerprint density at radius 3 is 2.38 bits per heavy atom. The molecule has 0 saturated carbocycles. The van der Waals surface area contributed by atoms with Crippen LogP contribution < -0.4 is 0 Å². The van der Waals surface area contributed by atoms with Crippen molar-refractivity contribution in [3.63, 3.8) is 0 Å². The summed E-state index contributed by atoms with van der Waals surface area (Å²) in [5.41, 5.74) is 2.22. The van der Waals surface area contributed by atoms with Gasteiger partial charge in [0.2, 0.25) is 5.89 Å². The van der Waals surface area contributed by atoms with Crippen LogP contribution in [0.4, 0.5) is 5.69 Å². The van der Waals surface area contributed by atoms with Gasteiger partial charge in [0.15, 0.2) is 11.4 Å². The number of nitro groups is 1. The lowest BCUT2D eigenvalue weighted by atomic mass is 10.0. The third-order valence-corrected chi connectivity index (χ3v) is 4.63. The van der Waals surface area contributed by atoms with Gasteiger partial charge in [-0.15, -0.1) is 0 Å². The number of nitrogens with zero attached hydrogens (tertiary/aromatic N) is 2. The number of halogens is 1. The number of ketones is 1. The molecule has 0 aliphatic rings. The highest BCUT2D eigenvalue weighted by atomic mass is 35.5. The van der Waals surface area contributed by atoms with Crippen LogP contribution in [0.1, 0.15) is 21.8 Å². The molecular formula is C22H13ClN2O4. The smallest absolute Gasteiger partial charge is 0.269 e. The van der Waals surface area contributed by atoms with Crippen molar-refractivity contribution in [3.8, 4) is 0 Å². The highest BCUT2D eigenvalue weighted by Gasteiger charge is 2.22. The number of hydrogen-bond acceptors (Lipinski definition) is 5. The molecule has 1 heterocycles. The largest absolute Gasteiger partial charge is 0.436 e. The average Bonchev–Trinajstić information content (AvgIpc) is 3.16. The molecule has 0 N–H and O–H groups in total. The number of Topliss-reactive ketones (excluding diaryl/α,β-unsaturated/α-hetero) is 1. The predicted molar refractivity (Wildman–Crippen MR) is 111 cm³/mol. The molecule has 0 aliphatic carbocycles. The van der Waals surface area contributed by atoms with Gasteiger partial charge < -0.3 is 4.42 Å². The summed E-state index contributed by atoms with van der Waals surface area (Å²) >= 11 is 6.21. The second-order valence-corrected chi connectivity index (χ2v) is 6.61. The fraction of sp³-hybridized carbons (Fsp3) is 0. The maximum absolute atomic E-state index is 13.3. The van der Waals surface area contributed by atoms with Crippen molar-refractivity contribution in [2.24, 2.45) is 0 Å². The fourth-order valence-corrected chi connectivity index (χ4v) is 3.08. The molecule has 0 unspecified atom stereocenters. The van der Waals surface area contributed by atoms with Crippen LogP contribution in [-0.4, -0.2) is 15.7 Å². The van der Waals surface area contributed by atoms with Crippen LogP contribution in [0.15, 0.2) is 77.2 Å². The summed E-state index contributed by atoms with van der Waals surface area (Å²) in [6.07, 6.45) is 1.58. The van der Waals surface area contributed by atoms with E-state index in [4.69, 9.17) is 16.0 Å². The average molecular weight is 405 g/mol. The van der Waals surface area contributed by atoms with E-state index in [1.807, 2.05) is 12.1 Å². The number of oxazole rings is 1. The Balaban J connectivity index is 1.85. The molecule has 0 bridgehead atoms. The zero-order valence-electron chi connectivity index (χ0n) is 14.9. The molecule has 142 valence electrons. The lowest BCUT2D eigenvalue weighted by molar-refractivity contribution is -0.384. The molecule has 6 nitrogen and oxygen atoms in total. The molecule has 7 heteroatoms. The van der Waals surface area contributed by atoms with E-state index in [0.29, 0.717) is 27.2 Å². The zero-order chi connectivity index (χ0) is 20.4. The van der Waals surface area contributed by atoms with Crippen LogP contribution in [0, 0.1) is 10.1 Å². The summed E-state index contributed by atoms with van der Waals surface area (Å²) in [6.45, 7) is 0. The van der Waals surface area contributed by atoms with Crippen molar-refractivity contribution in [3.05, 3.63) is 105 Å². The molecule has 0 radical (unpaired) electrons. The minimum absolute atomic E-state index is 0.0389. The summed E-state index contributed by atoms with van der Waals surface area (Å²) in [7, 11) is 0. The van der Waals surface area contributed by atoms with Crippen LogP contribution in [0.5, 0.6) is 0 Å². The van der Waals surface area contributed by atoms with Crippen molar-refractivity contribution in [2.75, 3.05) is 0 Å². The molecule has 3 aromatic carbocycles. The van der Waals surface area contributed by atoms with Gasteiger partial charge in [0.1, 0.15) is 5.52 Å². The van der Waals surface area contributed by atoms with Gasteiger partial charge in [-0.25, -0.2) is 4.98 Å². The van der Waals surface area contributed by atoms with E-state index in [-0.39, 0.29) is 22.9 Å². The maximum Gasteiger partial charge on any atom is 0.269 e. The molecule has 0 aliphatic heterocycles. The third-order valence-electron chi connectivity index (χ3n) is 4.30. The Morgan fingerprint density at radius 1 is 1.00 bits per heavy atom. The highest BCUT2D eigenvalue weighted by molar-refractivity contribution is 6.40. The molecule has 1 aromatic heterocycles. The molecule has 0 fully saturated rings. The highest BCUT2D eigenvalue weighted by Crippen LogP contribution is 2.29. The van der Waals surface area contributed by atoms with Crippen molar-refractivity contribution in [2.45, 2.75) is 0 Å². The zero-order valence-corrected chi connectivity index (χ0v) is 15.7. The topological polar surface area (TPSA) is 86.2 Å². The van der Waals surface area contributed by atoms with Crippen LogP contribution in [0.2, 0.25) is 5.02 Å². The first-order valence-corrected chi connectivity index (χ1v) is 9.02. The Morgan fingerprint density at radius 2 is 1.69 bits per heavy atom. The summed E-state index contributed by atoms with van der Waals surface area (Å²) in [4.78, 5) is 28.1. The van der Waals surface area contributed by atoms with Gasteiger partial charge >= 0.3 is 0 Å². The van der Waals surface area contributed by atoms with E-state index < -0.39 is 4.92 Å². The first kappa shape index (κ1) is 18.6. The number of carbonyl (C=O) groups excluding carboxylic acids is 1. The lowest BCUT2D eigenvalue weighted by Gasteiger charge is -2.06. The number of fused-ring (bicyclic) bond motifs is 1. The van der Waals surface area contributed by atoms with Gasteiger partial charge in [-0.1, -0.05) is 35.9 Å². The van der Waals surface area contributed by atoms with Crippen LogP contribution in [0.3, 0.4) is 0 Å². The van der Waals surface area contributed by atoms with Crippen molar-refractivity contribution >= 4 is 45.8 Å². The maximum atomic E-state index is 13.3. The van der Waals surface area contributed by atoms with E-state index in [1.54, 1.807) is 54.6 Å². The van der Waals surface area contributed by atoms with Crippen molar-refractivity contribution in [1.82, 2.24) is 4.98 Å². The first-order valence-electron chi connectivity index (χ1n) is 8.64. The van der Waals surface area contributed by atoms with Crippen LogP contribution in [-0.2, 0) is 0 Å². The Bertz CT molecular complexity index is 1230. The number of hydrogen-bond donors (Lipinski definition) is 0. The number of aromatic nitrogens is 1. The molecule has 0 saturated heterocycles. The fourth-order valence-electron chi connectivity index (χ4n) is 2.86. The second kappa shape index (κ2) is 7.69. The van der Waals surface area contributed by atoms with E-state index in [9.17, 15) is 14.9 Å². The number of benzene rings is 3. The summed E-state index contributed by atoms with van der Waals surface area (Å²) in [5, 5.41) is 11.2. The van der Waals surface area contributed by atoms with Crippen molar-refractivity contribution in [1.29, 1.82) is 0 Å². The minimum atomic E-state index is -0.482. The summed E-state index contributed by atoms with van der Waals surface area (Å²) in [5.74, 6) is -0.213. The van der Waals surface area contributed by atoms with E-state index in [0.717, 1.165) is 0 Å². The number of rotatable bonds is 5. The van der Waals surface area contributed by atoms with Gasteiger partial charge in [0.25, 0.3) is 5.69 Å². The van der Waals surface area contributed by atoms with E-state index in [1.165, 1.54) is 12.1 Å². The van der Waals surface area contributed by atoms with Gasteiger partial charge in [-0.2, -0.15) is 0 Å². The lowest BCUT2D eigenvalue weighted by Crippen LogP contribution is -2.04. The first-order chi connectivity index (χ1) is 14.0. The van der Waals surface area contributed by atoms with Crippen molar-refractivity contribution < 1.29 is 14.1 Å². The monoisotopic (exact) mass is 404 g/mol. The van der Waals surface area contributed by atoms with E-state index >= 15 is 0 Å². The molecule has 0 atom stereocenters. The molecule has 0 amide bonds. The molecular weight excluding hydrogens is 392 g/mol. The Hall–Kier alpha value is -3.77. The molecule has 29 heavy (non-hydrogen) atoms. The molecule has 4 rings (SSSR count). The number of non-ortho nitro benzene ring substituents is 1. The molecule has 4 aromatic rings. The normalized spacial score (nSPS) is 11.6. The van der Waals surface area contributed by atoms with Crippen LogP contribution in [0.25, 0.3) is 22.7 Å². The predicted octanol–water partition coefficient (Wildman–Crippen LogP) is 5.81.